The molecule has 0 atom stereocenters. The van der Waals surface area contributed by atoms with Crippen LogP contribution in [0.5, 0.6) is 11.5 Å². The molecule has 0 saturated heterocycles. The molecule has 0 amide bonds. The minimum absolute atomic E-state index is 0.325. The normalized spacial score (nSPS) is 13.1. The smallest absolute Gasteiger partial charge is 0.231 e. The molecule has 2 heterocycles. The van der Waals surface area contributed by atoms with E-state index < -0.39 is 0 Å². The Hall–Kier alpha value is -2.42. The van der Waals surface area contributed by atoms with Gasteiger partial charge in [0.1, 0.15) is 0 Å². The van der Waals surface area contributed by atoms with Crippen molar-refractivity contribution in [3.8, 4) is 11.5 Å². The van der Waals surface area contributed by atoms with E-state index in [1.807, 2.05) is 12.1 Å². The molecule has 0 radical (unpaired) electrons. The zero-order valence-corrected chi connectivity index (χ0v) is 10.3. The molecule has 3 nitrogen and oxygen atoms in total. The first-order valence-corrected chi connectivity index (χ1v) is 6.34. The first kappa shape index (κ1) is 10.5. The summed E-state index contributed by atoms with van der Waals surface area (Å²) in [6.07, 6.45) is 2.97. The largest absolute Gasteiger partial charge is 0.454 e. The zero-order valence-electron chi connectivity index (χ0n) is 10.3. The van der Waals surface area contributed by atoms with Crippen LogP contribution in [0.2, 0.25) is 0 Å². The van der Waals surface area contributed by atoms with Gasteiger partial charge in [0.15, 0.2) is 11.5 Å². The summed E-state index contributed by atoms with van der Waals surface area (Å²) in [5, 5.41) is 1.28. The van der Waals surface area contributed by atoms with Gasteiger partial charge in [-0.3, -0.25) is 0 Å². The molecule has 3 aromatic rings. The van der Waals surface area contributed by atoms with E-state index in [0.717, 1.165) is 17.9 Å². The maximum absolute atomic E-state index is 5.42. The topological polar surface area (TPSA) is 34.2 Å². The maximum atomic E-state index is 5.42. The van der Waals surface area contributed by atoms with Gasteiger partial charge < -0.3 is 14.5 Å². The third-order valence-corrected chi connectivity index (χ3v) is 3.51. The highest BCUT2D eigenvalue weighted by molar-refractivity contribution is 5.83. The van der Waals surface area contributed by atoms with E-state index in [-0.39, 0.29) is 0 Å². The Morgan fingerprint density at radius 3 is 2.89 bits per heavy atom. The summed E-state index contributed by atoms with van der Waals surface area (Å²) >= 11 is 0. The third kappa shape index (κ3) is 1.74. The predicted octanol–water partition coefficient (Wildman–Crippen LogP) is 3.49. The number of hydrogen-bond donors (Lipinski definition) is 1. The highest BCUT2D eigenvalue weighted by Gasteiger charge is 2.13. The molecule has 1 N–H and O–H groups in total. The molecule has 0 bridgehead atoms. The van der Waals surface area contributed by atoms with Crippen molar-refractivity contribution in [1.29, 1.82) is 0 Å². The summed E-state index contributed by atoms with van der Waals surface area (Å²) in [6, 6.07) is 14.5. The van der Waals surface area contributed by atoms with E-state index in [1.165, 1.54) is 22.0 Å². The van der Waals surface area contributed by atoms with Gasteiger partial charge in [-0.1, -0.05) is 24.3 Å². The van der Waals surface area contributed by atoms with Crippen LogP contribution in [0, 0.1) is 0 Å². The van der Waals surface area contributed by atoms with Gasteiger partial charge in [-0.25, -0.2) is 0 Å². The number of H-pyrrole nitrogens is 1. The van der Waals surface area contributed by atoms with Crippen molar-refractivity contribution < 1.29 is 9.47 Å². The van der Waals surface area contributed by atoms with Crippen molar-refractivity contribution in [1.82, 2.24) is 4.98 Å². The number of ether oxygens (including phenoxy) is 2. The lowest BCUT2D eigenvalue weighted by Crippen LogP contribution is -1.93. The Kier molecular flexibility index (Phi) is 2.24. The van der Waals surface area contributed by atoms with Crippen molar-refractivity contribution >= 4 is 10.9 Å². The number of hydrogen-bond acceptors (Lipinski definition) is 2. The average molecular weight is 251 g/mol. The van der Waals surface area contributed by atoms with Gasteiger partial charge >= 0.3 is 0 Å². The van der Waals surface area contributed by atoms with E-state index >= 15 is 0 Å². The standard InChI is InChI=1S/C16H13NO2/c1-2-4-14-13(3-1)12(9-17-14)7-11-5-6-15-16(8-11)19-10-18-15/h1-6,8-9,17H,7,10H2. The van der Waals surface area contributed by atoms with Crippen LogP contribution in [0.3, 0.4) is 0 Å². The van der Waals surface area contributed by atoms with Crippen LogP contribution in [0.4, 0.5) is 0 Å². The first-order chi connectivity index (χ1) is 9.40. The number of para-hydroxylation sites is 1. The SMILES string of the molecule is c1ccc2c(Cc3ccc4c(c3)OCO4)c[nH]c2c1. The molecule has 1 aliphatic rings. The predicted molar refractivity (Wildman–Crippen MR) is 73.7 cm³/mol. The van der Waals surface area contributed by atoms with Gasteiger partial charge in [0.05, 0.1) is 0 Å². The number of nitrogens with one attached hydrogen (secondary N) is 1. The van der Waals surface area contributed by atoms with Gasteiger partial charge in [0.2, 0.25) is 6.79 Å². The molecule has 0 saturated carbocycles. The van der Waals surface area contributed by atoms with E-state index in [9.17, 15) is 0 Å². The van der Waals surface area contributed by atoms with Gasteiger partial charge in [-0.2, -0.15) is 0 Å². The van der Waals surface area contributed by atoms with Gasteiger partial charge in [-0.15, -0.1) is 0 Å². The molecular formula is C16H13NO2. The van der Waals surface area contributed by atoms with E-state index in [1.54, 1.807) is 0 Å². The second-order valence-corrected chi connectivity index (χ2v) is 4.72. The number of benzene rings is 2. The van der Waals surface area contributed by atoms with Crippen LogP contribution >= 0.6 is 0 Å². The Bertz CT molecular complexity index is 745. The van der Waals surface area contributed by atoms with Crippen LogP contribution in [-0.2, 0) is 6.42 Å². The van der Waals surface area contributed by atoms with Crippen LogP contribution in [0.25, 0.3) is 10.9 Å². The Labute approximate surface area is 110 Å². The van der Waals surface area contributed by atoms with Crippen molar-refractivity contribution in [3.63, 3.8) is 0 Å². The average Bonchev–Trinajstić information content (AvgIpc) is 3.06. The number of fused-ring (bicyclic) bond motifs is 2. The molecule has 0 aliphatic carbocycles. The Morgan fingerprint density at radius 2 is 1.89 bits per heavy atom. The molecule has 0 unspecified atom stereocenters. The summed E-state index contributed by atoms with van der Waals surface area (Å²) in [5.74, 6) is 1.68. The molecule has 0 fully saturated rings. The summed E-state index contributed by atoms with van der Waals surface area (Å²) in [7, 11) is 0. The molecule has 3 heteroatoms. The summed E-state index contributed by atoms with van der Waals surface area (Å²) in [4.78, 5) is 3.30. The fourth-order valence-corrected chi connectivity index (χ4v) is 2.55. The highest BCUT2D eigenvalue weighted by Crippen LogP contribution is 2.33. The maximum Gasteiger partial charge on any atom is 0.231 e. The molecule has 2 aromatic carbocycles. The summed E-state index contributed by atoms with van der Waals surface area (Å²) < 4.78 is 10.7. The fraction of sp³-hybridized carbons (Fsp3) is 0.125. The van der Waals surface area contributed by atoms with Crippen molar-refractivity contribution in [2.45, 2.75) is 6.42 Å². The van der Waals surface area contributed by atoms with E-state index in [4.69, 9.17) is 9.47 Å². The minimum atomic E-state index is 0.325. The van der Waals surface area contributed by atoms with Crippen LogP contribution in [0.15, 0.2) is 48.7 Å². The lowest BCUT2D eigenvalue weighted by molar-refractivity contribution is 0.174. The fourth-order valence-electron chi connectivity index (χ4n) is 2.55. The first-order valence-electron chi connectivity index (χ1n) is 6.34. The molecule has 94 valence electrons. The van der Waals surface area contributed by atoms with E-state index in [0.29, 0.717) is 6.79 Å². The van der Waals surface area contributed by atoms with Crippen LogP contribution < -0.4 is 9.47 Å². The van der Waals surface area contributed by atoms with Crippen LogP contribution in [-0.4, -0.2) is 11.8 Å². The van der Waals surface area contributed by atoms with E-state index in [2.05, 4.69) is 41.5 Å². The number of rotatable bonds is 2. The Balaban J connectivity index is 1.71. The van der Waals surface area contributed by atoms with Crippen molar-refractivity contribution in [2.24, 2.45) is 0 Å². The van der Waals surface area contributed by atoms with Gasteiger partial charge in [-0.05, 0) is 35.7 Å². The lowest BCUT2D eigenvalue weighted by atomic mass is 10.0. The molecule has 1 aliphatic heterocycles. The quantitative estimate of drug-likeness (QED) is 0.756. The monoisotopic (exact) mass is 251 g/mol. The zero-order chi connectivity index (χ0) is 12.7. The highest BCUT2D eigenvalue weighted by atomic mass is 16.7. The molecule has 19 heavy (non-hydrogen) atoms. The molecule has 1 aromatic heterocycles. The number of aromatic nitrogens is 1. The van der Waals surface area contributed by atoms with Crippen molar-refractivity contribution in [2.75, 3.05) is 6.79 Å². The third-order valence-electron chi connectivity index (χ3n) is 3.51. The number of aromatic amines is 1. The minimum Gasteiger partial charge on any atom is -0.454 e. The lowest BCUT2D eigenvalue weighted by Gasteiger charge is -2.02. The second kappa shape index (κ2) is 4.05. The molecular weight excluding hydrogens is 238 g/mol. The Morgan fingerprint density at radius 1 is 1.00 bits per heavy atom. The summed E-state index contributed by atoms with van der Waals surface area (Å²) in [6.45, 7) is 0.325. The molecule has 4 rings (SSSR count). The molecule has 0 spiro atoms. The van der Waals surface area contributed by atoms with Gasteiger partial charge in [0.25, 0.3) is 0 Å². The summed E-state index contributed by atoms with van der Waals surface area (Å²) in [5.41, 5.74) is 3.71. The van der Waals surface area contributed by atoms with Gasteiger partial charge in [0, 0.05) is 17.1 Å². The second-order valence-electron chi connectivity index (χ2n) is 4.72. The van der Waals surface area contributed by atoms with Crippen molar-refractivity contribution in [3.05, 3.63) is 59.8 Å². The van der Waals surface area contributed by atoms with Crippen LogP contribution in [0.1, 0.15) is 11.1 Å².